The summed E-state index contributed by atoms with van der Waals surface area (Å²) in [6.45, 7) is -0.591. The number of hydrogen-bond acceptors (Lipinski definition) is 4. The van der Waals surface area contributed by atoms with Crippen LogP contribution in [-0.2, 0) is 14.4 Å². The maximum Gasteiger partial charge on any atom is 0.341 e. The van der Waals surface area contributed by atoms with Crippen LogP contribution in [0.5, 0.6) is 5.75 Å². The lowest BCUT2D eigenvalue weighted by molar-refractivity contribution is -0.139. The molecule has 0 atom stereocenters. The number of benzene rings is 2. The van der Waals surface area contributed by atoms with Gasteiger partial charge >= 0.3 is 5.97 Å². The topological polar surface area (TPSA) is 95.9 Å². The quantitative estimate of drug-likeness (QED) is 0.538. The van der Waals surface area contributed by atoms with E-state index in [1.165, 1.54) is 18.2 Å². The first-order valence-electron chi connectivity index (χ1n) is 7.62. The average Bonchev–Trinajstić information content (AvgIpc) is 2.89. The van der Waals surface area contributed by atoms with Crippen LogP contribution in [0.2, 0.25) is 5.02 Å². The number of para-hydroxylation sites is 1. The molecule has 2 amide bonds. The number of amides is 2. The Morgan fingerprint density at radius 1 is 1.26 bits per heavy atom. The maximum atomic E-state index is 12.7. The highest BCUT2D eigenvalue weighted by Gasteiger charge is 2.34. The molecule has 138 valence electrons. The van der Waals surface area contributed by atoms with E-state index in [1.807, 2.05) is 0 Å². The lowest BCUT2D eigenvalue weighted by Gasteiger charge is -2.14. The molecule has 1 fully saturated rings. The third-order valence-corrected chi connectivity index (χ3v) is 4.39. The normalized spacial score (nSPS) is 15.2. The van der Waals surface area contributed by atoms with Gasteiger partial charge in [0.25, 0.3) is 11.8 Å². The highest BCUT2D eigenvalue weighted by atomic mass is 79.9. The van der Waals surface area contributed by atoms with Crippen molar-refractivity contribution in [2.45, 2.75) is 0 Å². The Hall–Kier alpha value is -2.84. The Balaban J connectivity index is 1.99. The van der Waals surface area contributed by atoms with Crippen LogP contribution in [0, 0.1) is 0 Å². The van der Waals surface area contributed by atoms with E-state index >= 15 is 0 Å². The molecule has 0 aromatic heterocycles. The lowest BCUT2D eigenvalue weighted by atomic mass is 10.1. The number of hydrogen-bond donors (Lipinski definition) is 2. The van der Waals surface area contributed by atoms with Gasteiger partial charge in [-0.1, -0.05) is 29.8 Å². The van der Waals surface area contributed by atoms with Gasteiger partial charge in [-0.05, 0) is 46.3 Å². The van der Waals surface area contributed by atoms with Crippen LogP contribution in [0.3, 0.4) is 0 Å². The number of carbonyl (C=O) groups is 3. The van der Waals surface area contributed by atoms with Crippen molar-refractivity contribution in [2.75, 3.05) is 11.6 Å². The molecule has 0 unspecified atom stereocenters. The molecular weight excluding hydrogens is 440 g/mol. The molecule has 2 aromatic carbocycles. The molecular formula is C18H12BrClN2O5. The Labute approximate surface area is 167 Å². The summed E-state index contributed by atoms with van der Waals surface area (Å²) in [4.78, 5) is 35.8. The molecule has 2 aromatic rings. The van der Waals surface area contributed by atoms with Crippen LogP contribution in [-0.4, -0.2) is 29.5 Å². The number of halogens is 2. The first-order valence-corrected chi connectivity index (χ1v) is 8.79. The number of rotatable bonds is 5. The minimum atomic E-state index is -1.17. The van der Waals surface area contributed by atoms with E-state index in [9.17, 15) is 14.4 Å². The summed E-state index contributed by atoms with van der Waals surface area (Å²) in [7, 11) is 0. The van der Waals surface area contributed by atoms with Crippen molar-refractivity contribution in [3.8, 4) is 5.75 Å². The number of anilines is 1. The zero-order valence-electron chi connectivity index (χ0n) is 13.6. The van der Waals surface area contributed by atoms with Crippen LogP contribution in [0.15, 0.2) is 52.5 Å². The molecule has 7 nitrogen and oxygen atoms in total. The van der Waals surface area contributed by atoms with Gasteiger partial charge in [0.15, 0.2) is 6.61 Å². The van der Waals surface area contributed by atoms with Gasteiger partial charge in [-0.25, -0.2) is 9.80 Å². The minimum Gasteiger partial charge on any atom is -0.480 e. The summed E-state index contributed by atoms with van der Waals surface area (Å²) in [5.74, 6) is -2.15. The van der Waals surface area contributed by atoms with Gasteiger partial charge in [0, 0.05) is 10.6 Å². The molecule has 1 aliphatic rings. The molecule has 1 aliphatic heterocycles. The van der Waals surface area contributed by atoms with Gasteiger partial charge in [-0.2, -0.15) is 0 Å². The fraction of sp³-hybridized carbons (Fsp3) is 0.0556. The van der Waals surface area contributed by atoms with Gasteiger partial charge in [-0.15, -0.1) is 0 Å². The molecule has 1 heterocycles. The third kappa shape index (κ3) is 4.12. The van der Waals surface area contributed by atoms with Crippen LogP contribution >= 0.6 is 27.5 Å². The molecule has 3 rings (SSSR count). The monoisotopic (exact) mass is 450 g/mol. The second kappa shape index (κ2) is 7.81. The predicted molar refractivity (Wildman–Crippen MR) is 102 cm³/mol. The molecule has 1 saturated heterocycles. The minimum absolute atomic E-state index is 0.131. The largest absolute Gasteiger partial charge is 0.480 e. The van der Waals surface area contributed by atoms with Crippen LogP contribution < -0.4 is 15.2 Å². The van der Waals surface area contributed by atoms with Crippen molar-refractivity contribution in [3.05, 3.63) is 63.1 Å². The fourth-order valence-corrected chi connectivity index (χ4v) is 3.39. The predicted octanol–water partition coefficient (Wildman–Crippen LogP) is 3.03. The zero-order chi connectivity index (χ0) is 19.6. The molecule has 0 radical (unpaired) electrons. The molecule has 0 aliphatic carbocycles. The first-order chi connectivity index (χ1) is 12.9. The van der Waals surface area contributed by atoms with E-state index in [-0.39, 0.29) is 11.3 Å². The smallest absolute Gasteiger partial charge is 0.341 e. The van der Waals surface area contributed by atoms with Crippen molar-refractivity contribution >= 4 is 57.1 Å². The molecule has 9 heteroatoms. The van der Waals surface area contributed by atoms with Crippen molar-refractivity contribution in [3.63, 3.8) is 0 Å². The van der Waals surface area contributed by atoms with E-state index in [0.29, 0.717) is 20.7 Å². The van der Waals surface area contributed by atoms with Crippen molar-refractivity contribution in [1.29, 1.82) is 0 Å². The van der Waals surface area contributed by atoms with Gasteiger partial charge in [0.2, 0.25) is 0 Å². The second-order valence-corrected chi connectivity index (χ2v) is 6.75. The van der Waals surface area contributed by atoms with E-state index in [1.54, 1.807) is 30.3 Å². The van der Waals surface area contributed by atoms with Crippen LogP contribution in [0.1, 0.15) is 5.56 Å². The highest BCUT2D eigenvalue weighted by molar-refractivity contribution is 9.10. The van der Waals surface area contributed by atoms with Crippen molar-refractivity contribution < 1.29 is 24.2 Å². The molecule has 0 bridgehead atoms. The number of carboxylic acid groups (broad SMARTS) is 1. The lowest BCUT2D eigenvalue weighted by Crippen LogP contribution is -2.35. The SMILES string of the molecule is O=C(O)COc1c(Br)cc(Cl)cc1C=C1C(=O)NN(c2ccccc2)C1=O. The zero-order valence-corrected chi connectivity index (χ0v) is 16.0. The summed E-state index contributed by atoms with van der Waals surface area (Å²) in [5, 5.41) is 10.3. The molecule has 27 heavy (non-hydrogen) atoms. The molecule has 0 spiro atoms. The van der Waals surface area contributed by atoms with Gasteiger partial charge in [0.1, 0.15) is 11.3 Å². The Bertz CT molecular complexity index is 962. The average molecular weight is 452 g/mol. The number of hydrazine groups is 1. The number of nitrogens with one attached hydrogen (secondary N) is 1. The first kappa shape index (κ1) is 18.9. The van der Waals surface area contributed by atoms with Crippen molar-refractivity contribution in [1.82, 2.24) is 5.43 Å². The Morgan fingerprint density at radius 2 is 1.96 bits per heavy atom. The number of ether oxygens (including phenoxy) is 1. The van der Waals surface area contributed by atoms with Gasteiger partial charge < -0.3 is 9.84 Å². The summed E-state index contributed by atoms with van der Waals surface area (Å²) >= 11 is 9.29. The molecule has 2 N–H and O–H groups in total. The van der Waals surface area contributed by atoms with Crippen molar-refractivity contribution in [2.24, 2.45) is 0 Å². The standard InChI is InChI=1S/C18H12BrClN2O5/c19-14-8-11(20)6-10(16(14)27-9-15(23)24)7-13-17(25)21-22(18(13)26)12-4-2-1-3-5-12/h1-8H,9H2,(H,21,25)(H,23,24). The van der Waals surface area contributed by atoms with Gasteiger partial charge in [0.05, 0.1) is 10.2 Å². The third-order valence-electron chi connectivity index (χ3n) is 3.58. The second-order valence-electron chi connectivity index (χ2n) is 5.46. The van der Waals surface area contributed by atoms with Crippen LogP contribution in [0.4, 0.5) is 5.69 Å². The van der Waals surface area contributed by atoms with E-state index < -0.39 is 24.4 Å². The maximum absolute atomic E-state index is 12.7. The number of nitrogens with zero attached hydrogens (tertiary/aromatic N) is 1. The fourth-order valence-electron chi connectivity index (χ4n) is 2.45. The Morgan fingerprint density at radius 3 is 2.63 bits per heavy atom. The van der Waals surface area contributed by atoms with E-state index in [4.69, 9.17) is 21.4 Å². The van der Waals surface area contributed by atoms with Gasteiger partial charge in [-0.3, -0.25) is 15.0 Å². The highest BCUT2D eigenvalue weighted by Crippen LogP contribution is 2.35. The summed E-state index contributed by atoms with van der Waals surface area (Å²) in [5.41, 5.74) is 3.16. The summed E-state index contributed by atoms with van der Waals surface area (Å²) in [6.07, 6.45) is 1.31. The number of aliphatic carboxylic acids is 1. The Kier molecular flexibility index (Phi) is 5.48. The summed E-state index contributed by atoms with van der Waals surface area (Å²) < 4.78 is 5.67. The van der Waals surface area contributed by atoms with Crippen LogP contribution in [0.25, 0.3) is 6.08 Å². The van der Waals surface area contributed by atoms with E-state index in [0.717, 1.165) is 5.01 Å². The number of carboxylic acids is 1. The van der Waals surface area contributed by atoms with E-state index in [2.05, 4.69) is 21.4 Å². The summed E-state index contributed by atoms with van der Waals surface area (Å²) in [6, 6.07) is 11.6. The molecule has 0 saturated carbocycles. The number of carbonyl (C=O) groups excluding carboxylic acids is 2.